The number of hydrogen-bond donors (Lipinski definition) is 1. The van der Waals surface area contributed by atoms with Crippen molar-refractivity contribution >= 4 is 16.9 Å². The molecular formula is C14H19N3O. The van der Waals surface area contributed by atoms with Crippen LogP contribution in [-0.2, 0) is 17.8 Å². The highest BCUT2D eigenvalue weighted by Gasteiger charge is 2.09. The summed E-state index contributed by atoms with van der Waals surface area (Å²) in [5, 5.41) is 2.82. The number of hydrogen-bond acceptors (Lipinski definition) is 2. The maximum Gasteiger partial charge on any atom is 0.221 e. The number of amides is 1. The van der Waals surface area contributed by atoms with Gasteiger partial charge < -0.3 is 9.88 Å². The Hall–Kier alpha value is -1.84. The van der Waals surface area contributed by atoms with Crippen LogP contribution in [-0.4, -0.2) is 22.0 Å². The predicted octanol–water partition coefficient (Wildman–Crippen LogP) is 2.12. The lowest BCUT2D eigenvalue weighted by molar-refractivity contribution is -0.121. The molecule has 1 amide bonds. The summed E-state index contributed by atoms with van der Waals surface area (Å²) in [6, 6.07) is 8.06. The average molecular weight is 245 g/mol. The fourth-order valence-electron chi connectivity index (χ4n) is 2.14. The molecule has 0 atom stereocenters. The van der Waals surface area contributed by atoms with Crippen LogP contribution >= 0.6 is 0 Å². The lowest BCUT2D eigenvalue weighted by Crippen LogP contribution is -2.24. The molecule has 1 N–H and O–H groups in total. The van der Waals surface area contributed by atoms with Crippen LogP contribution in [0.2, 0.25) is 0 Å². The highest BCUT2D eigenvalue weighted by molar-refractivity contribution is 5.77. The minimum atomic E-state index is 0.0948. The first-order valence-corrected chi connectivity index (χ1v) is 6.47. The van der Waals surface area contributed by atoms with E-state index in [0.29, 0.717) is 19.5 Å². The Kier molecular flexibility index (Phi) is 3.97. The molecule has 0 radical (unpaired) electrons. The van der Waals surface area contributed by atoms with Crippen molar-refractivity contribution in [2.75, 3.05) is 6.54 Å². The lowest BCUT2D eigenvalue weighted by Gasteiger charge is -2.07. The van der Waals surface area contributed by atoms with E-state index in [9.17, 15) is 4.79 Å². The summed E-state index contributed by atoms with van der Waals surface area (Å²) in [4.78, 5) is 16.1. The highest BCUT2D eigenvalue weighted by Crippen LogP contribution is 2.16. The van der Waals surface area contributed by atoms with E-state index in [-0.39, 0.29) is 5.91 Å². The van der Waals surface area contributed by atoms with E-state index in [1.54, 1.807) is 0 Å². The number of carbonyl (C=O) groups is 1. The molecule has 4 heteroatoms. The molecule has 0 spiro atoms. The first-order chi connectivity index (χ1) is 8.76. The average Bonchev–Trinajstić information content (AvgIpc) is 2.74. The van der Waals surface area contributed by atoms with Gasteiger partial charge in [0.15, 0.2) is 0 Å². The molecule has 2 rings (SSSR count). The molecule has 0 fully saturated rings. The first-order valence-electron chi connectivity index (χ1n) is 6.47. The molecule has 1 aromatic heterocycles. The van der Waals surface area contributed by atoms with Crippen molar-refractivity contribution in [2.45, 2.75) is 33.2 Å². The van der Waals surface area contributed by atoms with E-state index in [1.807, 2.05) is 25.1 Å². The Bertz CT molecular complexity index is 545. The van der Waals surface area contributed by atoms with Gasteiger partial charge in [-0.15, -0.1) is 0 Å². The minimum Gasteiger partial charge on any atom is -0.356 e. The number of para-hydroxylation sites is 2. The van der Waals surface area contributed by atoms with Crippen molar-refractivity contribution in [3.8, 4) is 0 Å². The van der Waals surface area contributed by atoms with Crippen molar-refractivity contribution in [1.82, 2.24) is 14.9 Å². The third kappa shape index (κ3) is 2.53. The summed E-state index contributed by atoms with van der Waals surface area (Å²) in [5.74, 6) is 1.14. The zero-order valence-corrected chi connectivity index (χ0v) is 10.9. The van der Waals surface area contributed by atoms with Crippen LogP contribution in [0.4, 0.5) is 0 Å². The number of benzene rings is 1. The van der Waals surface area contributed by atoms with Gasteiger partial charge in [0.1, 0.15) is 5.82 Å². The van der Waals surface area contributed by atoms with E-state index in [2.05, 4.69) is 27.9 Å². The summed E-state index contributed by atoms with van der Waals surface area (Å²) in [6.45, 7) is 5.39. The molecule has 0 unspecified atom stereocenters. The second-order valence-electron chi connectivity index (χ2n) is 4.23. The quantitative estimate of drug-likeness (QED) is 0.877. The largest absolute Gasteiger partial charge is 0.356 e. The van der Waals surface area contributed by atoms with Crippen molar-refractivity contribution in [1.29, 1.82) is 0 Å². The van der Waals surface area contributed by atoms with Crippen molar-refractivity contribution in [3.63, 3.8) is 0 Å². The second-order valence-corrected chi connectivity index (χ2v) is 4.23. The molecule has 0 bridgehead atoms. The van der Waals surface area contributed by atoms with Crippen LogP contribution in [0, 0.1) is 0 Å². The van der Waals surface area contributed by atoms with E-state index in [0.717, 1.165) is 23.3 Å². The smallest absolute Gasteiger partial charge is 0.221 e. The highest BCUT2D eigenvalue weighted by atomic mass is 16.1. The Labute approximate surface area is 107 Å². The van der Waals surface area contributed by atoms with Gasteiger partial charge in [-0.05, 0) is 19.1 Å². The summed E-state index contributed by atoms with van der Waals surface area (Å²) in [7, 11) is 0. The Morgan fingerprint density at radius 1 is 1.33 bits per heavy atom. The SMILES string of the molecule is CCNC(=O)CCn1c(CC)nc2ccccc21. The number of imidazole rings is 1. The maximum absolute atomic E-state index is 11.5. The minimum absolute atomic E-state index is 0.0948. The third-order valence-electron chi connectivity index (χ3n) is 2.99. The molecular weight excluding hydrogens is 226 g/mol. The van der Waals surface area contributed by atoms with E-state index < -0.39 is 0 Å². The number of nitrogens with one attached hydrogen (secondary N) is 1. The number of carbonyl (C=O) groups excluding carboxylic acids is 1. The molecule has 4 nitrogen and oxygen atoms in total. The fraction of sp³-hybridized carbons (Fsp3) is 0.429. The van der Waals surface area contributed by atoms with Gasteiger partial charge in [-0.25, -0.2) is 4.98 Å². The van der Waals surface area contributed by atoms with Gasteiger partial charge in [0.05, 0.1) is 11.0 Å². The standard InChI is InChI=1S/C14H19N3O/c1-3-13-16-11-7-5-6-8-12(11)17(13)10-9-14(18)15-4-2/h5-8H,3-4,9-10H2,1-2H3,(H,15,18). The van der Waals surface area contributed by atoms with Crippen LogP contribution in [0.25, 0.3) is 11.0 Å². The number of nitrogens with zero attached hydrogens (tertiary/aromatic N) is 2. The summed E-state index contributed by atoms with van der Waals surface area (Å²) in [6.07, 6.45) is 1.38. The Morgan fingerprint density at radius 2 is 2.11 bits per heavy atom. The van der Waals surface area contributed by atoms with Crippen LogP contribution in [0.3, 0.4) is 0 Å². The molecule has 1 aromatic carbocycles. The molecule has 0 saturated carbocycles. The van der Waals surface area contributed by atoms with Gasteiger partial charge in [0.25, 0.3) is 0 Å². The van der Waals surface area contributed by atoms with Gasteiger partial charge in [0.2, 0.25) is 5.91 Å². The number of fused-ring (bicyclic) bond motifs is 1. The first kappa shape index (κ1) is 12.6. The zero-order chi connectivity index (χ0) is 13.0. The van der Waals surface area contributed by atoms with Crippen LogP contribution in [0.1, 0.15) is 26.1 Å². The van der Waals surface area contributed by atoms with Gasteiger partial charge in [-0.1, -0.05) is 19.1 Å². The Morgan fingerprint density at radius 3 is 2.83 bits per heavy atom. The van der Waals surface area contributed by atoms with Crippen molar-refractivity contribution in [2.24, 2.45) is 0 Å². The molecule has 96 valence electrons. The van der Waals surface area contributed by atoms with E-state index in [1.165, 1.54) is 0 Å². The fourth-order valence-corrected chi connectivity index (χ4v) is 2.14. The zero-order valence-electron chi connectivity index (χ0n) is 10.9. The molecule has 2 aromatic rings. The summed E-state index contributed by atoms with van der Waals surface area (Å²) < 4.78 is 2.14. The summed E-state index contributed by atoms with van der Waals surface area (Å²) in [5.41, 5.74) is 2.11. The second kappa shape index (κ2) is 5.67. The molecule has 18 heavy (non-hydrogen) atoms. The normalized spacial score (nSPS) is 10.8. The molecule has 0 saturated heterocycles. The monoisotopic (exact) mass is 245 g/mol. The molecule has 0 aliphatic carbocycles. The maximum atomic E-state index is 11.5. The van der Waals surface area contributed by atoms with E-state index in [4.69, 9.17) is 0 Å². The lowest BCUT2D eigenvalue weighted by atomic mass is 10.3. The predicted molar refractivity (Wildman–Crippen MR) is 72.4 cm³/mol. The van der Waals surface area contributed by atoms with Gasteiger partial charge >= 0.3 is 0 Å². The van der Waals surface area contributed by atoms with Gasteiger partial charge in [-0.2, -0.15) is 0 Å². The van der Waals surface area contributed by atoms with Crippen molar-refractivity contribution < 1.29 is 4.79 Å². The number of aromatic nitrogens is 2. The Balaban J connectivity index is 2.23. The van der Waals surface area contributed by atoms with Crippen LogP contribution < -0.4 is 5.32 Å². The third-order valence-corrected chi connectivity index (χ3v) is 2.99. The molecule has 0 aliphatic heterocycles. The summed E-state index contributed by atoms with van der Waals surface area (Å²) >= 11 is 0. The molecule has 1 heterocycles. The van der Waals surface area contributed by atoms with E-state index >= 15 is 0 Å². The van der Waals surface area contributed by atoms with Crippen molar-refractivity contribution in [3.05, 3.63) is 30.1 Å². The van der Waals surface area contributed by atoms with Gasteiger partial charge in [-0.3, -0.25) is 4.79 Å². The number of aryl methyl sites for hydroxylation is 2. The topological polar surface area (TPSA) is 46.9 Å². The number of rotatable bonds is 5. The van der Waals surface area contributed by atoms with Crippen LogP contribution in [0.5, 0.6) is 0 Å². The van der Waals surface area contributed by atoms with Gasteiger partial charge in [0, 0.05) is 25.9 Å². The molecule has 0 aliphatic rings. The van der Waals surface area contributed by atoms with Crippen LogP contribution in [0.15, 0.2) is 24.3 Å².